The molecule has 0 saturated heterocycles. The summed E-state index contributed by atoms with van der Waals surface area (Å²) in [5.41, 5.74) is 0.356. The van der Waals surface area contributed by atoms with Crippen molar-refractivity contribution in [3.63, 3.8) is 0 Å². The van der Waals surface area contributed by atoms with Crippen molar-refractivity contribution in [2.75, 3.05) is 13.7 Å². The number of methoxy groups -OCH3 is 1. The van der Waals surface area contributed by atoms with Crippen LogP contribution in [0.15, 0.2) is 18.2 Å². The van der Waals surface area contributed by atoms with Crippen LogP contribution in [0.3, 0.4) is 0 Å². The van der Waals surface area contributed by atoms with E-state index in [1.165, 1.54) is 19.2 Å². The second-order valence-corrected chi connectivity index (χ2v) is 4.31. The molecule has 0 aliphatic carbocycles. The molecule has 0 saturated carbocycles. The Morgan fingerprint density at radius 1 is 1.39 bits per heavy atom. The zero-order valence-electron chi connectivity index (χ0n) is 10.7. The fraction of sp³-hybridized carbons (Fsp3) is 0.462. The smallest absolute Gasteiger partial charge is 0.319 e. The van der Waals surface area contributed by atoms with Gasteiger partial charge in [-0.1, -0.05) is 6.07 Å². The van der Waals surface area contributed by atoms with Gasteiger partial charge < -0.3 is 4.74 Å². The van der Waals surface area contributed by atoms with Gasteiger partial charge in [-0.2, -0.15) is 0 Å². The molecule has 0 N–H and O–H groups in total. The van der Waals surface area contributed by atoms with E-state index in [2.05, 4.69) is 4.74 Å². The zero-order valence-corrected chi connectivity index (χ0v) is 10.7. The molecule has 0 aromatic heterocycles. The van der Waals surface area contributed by atoms with E-state index in [-0.39, 0.29) is 25.1 Å². The van der Waals surface area contributed by atoms with Crippen molar-refractivity contribution in [3.8, 4) is 0 Å². The molecule has 0 spiro atoms. The number of ether oxygens (including phenoxy) is 1. The largest absolute Gasteiger partial charge is 0.468 e. The van der Waals surface area contributed by atoms with Gasteiger partial charge in [-0.05, 0) is 19.9 Å². The molecule has 1 rings (SSSR count). The number of nitrogens with zero attached hydrogens (tertiary/aromatic N) is 1. The van der Waals surface area contributed by atoms with E-state index in [0.29, 0.717) is 5.56 Å². The van der Waals surface area contributed by atoms with Crippen LogP contribution >= 0.6 is 0 Å². The maximum atomic E-state index is 13.5. The lowest BCUT2D eigenvalue weighted by Crippen LogP contribution is -2.35. The van der Waals surface area contributed by atoms with Crippen LogP contribution in [0, 0.1) is 11.6 Å². The number of carbonyl (C=O) groups excluding carboxylic acids is 1. The fourth-order valence-electron chi connectivity index (χ4n) is 1.52. The van der Waals surface area contributed by atoms with Gasteiger partial charge in [0.15, 0.2) is 0 Å². The Labute approximate surface area is 105 Å². The second kappa shape index (κ2) is 6.44. The van der Waals surface area contributed by atoms with Crippen LogP contribution in [0.5, 0.6) is 0 Å². The first kappa shape index (κ1) is 14.6. The molecule has 0 atom stereocenters. The summed E-state index contributed by atoms with van der Waals surface area (Å²) in [6.45, 7) is 4.10. The molecule has 3 nitrogen and oxygen atoms in total. The predicted octanol–water partition coefficient (Wildman–Crippen LogP) is 2.35. The standard InChI is InChI=1S/C13H17F2NO2/c1-9(2)16(8-13(17)18-3)7-10-4-5-11(14)6-12(10)15/h4-6,9H,7-8H2,1-3H3. The third kappa shape index (κ3) is 4.07. The molecule has 0 heterocycles. The number of hydrogen-bond donors (Lipinski definition) is 0. The van der Waals surface area contributed by atoms with Crippen molar-refractivity contribution in [1.29, 1.82) is 0 Å². The van der Waals surface area contributed by atoms with Crippen LogP contribution in [0.2, 0.25) is 0 Å². The monoisotopic (exact) mass is 257 g/mol. The summed E-state index contributed by atoms with van der Waals surface area (Å²) in [5, 5.41) is 0. The van der Waals surface area contributed by atoms with Crippen molar-refractivity contribution in [2.24, 2.45) is 0 Å². The highest BCUT2D eigenvalue weighted by atomic mass is 19.1. The molecular formula is C13H17F2NO2. The Morgan fingerprint density at radius 3 is 2.56 bits per heavy atom. The van der Waals surface area contributed by atoms with E-state index in [1.54, 1.807) is 4.90 Å². The Kier molecular flexibility index (Phi) is 5.22. The summed E-state index contributed by atoms with van der Waals surface area (Å²) in [4.78, 5) is 13.0. The molecule has 1 aromatic rings. The highest BCUT2D eigenvalue weighted by molar-refractivity contribution is 5.71. The number of esters is 1. The molecule has 0 unspecified atom stereocenters. The van der Waals surface area contributed by atoms with Gasteiger partial charge in [0.2, 0.25) is 0 Å². The van der Waals surface area contributed by atoms with E-state index < -0.39 is 11.6 Å². The Hall–Kier alpha value is -1.49. The van der Waals surface area contributed by atoms with Gasteiger partial charge in [-0.15, -0.1) is 0 Å². The molecule has 0 bridgehead atoms. The lowest BCUT2D eigenvalue weighted by molar-refractivity contribution is -0.142. The van der Waals surface area contributed by atoms with Gasteiger partial charge in [0.25, 0.3) is 0 Å². The SMILES string of the molecule is COC(=O)CN(Cc1ccc(F)cc1F)C(C)C. The molecule has 0 aliphatic heterocycles. The maximum absolute atomic E-state index is 13.5. The van der Waals surface area contributed by atoms with Gasteiger partial charge in [0, 0.05) is 24.2 Å². The summed E-state index contributed by atoms with van der Waals surface area (Å²) in [7, 11) is 1.30. The molecular weight excluding hydrogens is 240 g/mol. The number of rotatable bonds is 5. The highest BCUT2D eigenvalue weighted by Gasteiger charge is 2.16. The van der Waals surface area contributed by atoms with E-state index in [4.69, 9.17) is 0 Å². The maximum Gasteiger partial charge on any atom is 0.319 e. The molecule has 100 valence electrons. The average Bonchev–Trinajstić information content (AvgIpc) is 2.30. The van der Waals surface area contributed by atoms with Crippen LogP contribution in [-0.4, -0.2) is 30.6 Å². The third-order valence-corrected chi connectivity index (χ3v) is 2.68. The van der Waals surface area contributed by atoms with E-state index in [1.807, 2.05) is 13.8 Å². The lowest BCUT2D eigenvalue weighted by Gasteiger charge is -2.25. The molecule has 5 heteroatoms. The number of carbonyl (C=O) groups is 1. The first-order valence-corrected chi connectivity index (χ1v) is 5.68. The summed E-state index contributed by atoms with van der Waals surface area (Å²) in [6, 6.07) is 3.48. The molecule has 0 aliphatic rings. The lowest BCUT2D eigenvalue weighted by atomic mass is 10.1. The minimum atomic E-state index is -0.611. The Bertz CT molecular complexity index is 421. The van der Waals surface area contributed by atoms with Gasteiger partial charge in [0.1, 0.15) is 11.6 Å². The predicted molar refractivity (Wildman–Crippen MR) is 63.9 cm³/mol. The minimum absolute atomic E-state index is 0.0496. The van der Waals surface area contributed by atoms with Crippen molar-refractivity contribution in [1.82, 2.24) is 4.90 Å². The van der Waals surface area contributed by atoms with Gasteiger partial charge in [-0.25, -0.2) is 8.78 Å². The van der Waals surface area contributed by atoms with Crippen molar-refractivity contribution in [2.45, 2.75) is 26.4 Å². The number of halogens is 2. The highest BCUT2D eigenvalue weighted by Crippen LogP contribution is 2.13. The number of benzene rings is 1. The van der Waals surface area contributed by atoms with Crippen LogP contribution < -0.4 is 0 Å². The number of hydrogen-bond acceptors (Lipinski definition) is 3. The van der Waals surface area contributed by atoms with E-state index in [9.17, 15) is 13.6 Å². The first-order chi connectivity index (χ1) is 8.43. The summed E-state index contributed by atoms with van der Waals surface area (Å²) in [6.07, 6.45) is 0. The molecule has 0 amide bonds. The topological polar surface area (TPSA) is 29.5 Å². The average molecular weight is 257 g/mol. The molecule has 0 radical (unpaired) electrons. The van der Waals surface area contributed by atoms with Crippen molar-refractivity contribution >= 4 is 5.97 Å². The summed E-state index contributed by atoms with van der Waals surface area (Å²) in [5.74, 6) is -1.60. The molecule has 18 heavy (non-hydrogen) atoms. The van der Waals surface area contributed by atoms with E-state index in [0.717, 1.165) is 6.07 Å². The summed E-state index contributed by atoms with van der Waals surface area (Å²) >= 11 is 0. The summed E-state index contributed by atoms with van der Waals surface area (Å²) < 4.78 is 30.9. The van der Waals surface area contributed by atoms with Gasteiger partial charge in [-0.3, -0.25) is 9.69 Å². The van der Waals surface area contributed by atoms with Crippen LogP contribution in [-0.2, 0) is 16.1 Å². The van der Waals surface area contributed by atoms with Gasteiger partial charge in [0.05, 0.1) is 13.7 Å². The van der Waals surface area contributed by atoms with Crippen molar-refractivity contribution in [3.05, 3.63) is 35.4 Å². The molecule has 1 aromatic carbocycles. The Balaban J connectivity index is 2.80. The second-order valence-electron chi connectivity index (χ2n) is 4.31. The Morgan fingerprint density at radius 2 is 2.06 bits per heavy atom. The van der Waals surface area contributed by atoms with E-state index >= 15 is 0 Å². The fourth-order valence-corrected chi connectivity index (χ4v) is 1.52. The minimum Gasteiger partial charge on any atom is -0.468 e. The van der Waals surface area contributed by atoms with Crippen molar-refractivity contribution < 1.29 is 18.3 Å². The van der Waals surface area contributed by atoms with Crippen LogP contribution in [0.4, 0.5) is 8.78 Å². The quantitative estimate of drug-likeness (QED) is 0.758. The molecule has 0 fully saturated rings. The normalized spacial score (nSPS) is 11.1. The van der Waals surface area contributed by atoms with Crippen LogP contribution in [0.25, 0.3) is 0 Å². The van der Waals surface area contributed by atoms with Crippen LogP contribution in [0.1, 0.15) is 19.4 Å². The first-order valence-electron chi connectivity index (χ1n) is 5.68. The van der Waals surface area contributed by atoms with Gasteiger partial charge >= 0.3 is 5.97 Å². The zero-order chi connectivity index (χ0) is 13.7. The third-order valence-electron chi connectivity index (χ3n) is 2.68.